The number of hydrogen-bond donors (Lipinski definition) is 1. The molecule has 1 amide bonds. The number of hydrogen-bond acceptors (Lipinski definition) is 3. The number of methoxy groups -OCH3 is 1. The molecule has 5 nitrogen and oxygen atoms in total. The van der Waals surface area contributed by atoms with Gasteiger partial charge in [-0.05, 0) is 44.5 Å². The fourth-order valence-corrected chi connectivity index (χ4v) is 3.53. The van der Waals surface area contributed by atoms with E-state index in [2.05, 4.69) is 16.1 Å². The van der Waals surface area contributed by atoms with Crippen molar-refractivity contribution in [2.75, 3.05) is 39.9 Å². The van der Waals surface area contributed by atoms with Crippen molar-refractivity contribution < 1.29 is 9.53 Å². The van der Waals surface area contributed by atoms with Crippen molar-refractivity contribution in [1.29, 1.82) is 0 Å². The van der Waals surface area contributed by atoms with Gasteiger partial charge in [-0.15, -0.1) is 0 Å². The molecular weight excluding hydrogens is 266 g/mol. The van der Waals surface area contributed by atoms with Gasteiger partial charge in [-0.25, -0.2) is 0 Å². The molecule has 1 N–H and O–H groups in total. The molecule has 1 atom stereocenters. The maximum absolute atomic E-state index is 12.8. The van der Waals surface area contributed by atoms with Crippen molar-refractivity contribution in [3.05, 3.63) is 24.0 Å². The molecule has 2 aliphatic rings. The first-order chi connectivity index (χ1) is 10.3. The molecule has 0 spiro atoms. The van der Waals surface area contributed by atoms with Crippen LogP contribution in [0.5, 0.6) is 0 Å². The third-order valence-corrected chi connectivity index (χ3v) is 4.68. The maximum atomic E-state index is 12.8. The van der Waals surface area contributed by atoms with Crippen molar-refractivity contribution in [2.45, 2.75) is 25.3 Å². The number of aromatic nitrogens is 1. The lowest BCUT2D eigenvalue weighted by molar-refractivity contribution is 0.0761. The quantitative estimate of drug-likeness (QED) is 0.915. The summed E-state index contributed by atoms with van der Waals surface area (Å²) in [6, 6.07) is 4.42. The highest BCUT2D eigenvalue weighted by atomic mass is 16.5. The van der Waals surface area contributed by atoms with Gasteiger partial charge < -0.3 is 19.5 Å². The van der Waals surface area contributed by atoms with Crippen molar-refractivity contribution in [3.63, 3.8) is 0 Å². The molecule has 0 radical (unpaired) electrons. The Morgan fingerprint density at radius 3 is 2.95 bits per heavy atom. The van der Waals surface area contributed by atoms with Crippen LogP contribution in [0.1, 0.15) is 35.8 Å². The number of nitrogens with one attached hydrogen (secondary N) is 1. The van der Waals surface area contributed by atoms with Crippen LogP contribution in [0.2, 0.25) is 0 Å². The maximum Gasteiger partial charge on any atom is 0.270 e. The molecule has 0 aliphatic carbocycles. The molecule has 1 aromatic rings. The van der Waals surface area contributed by atoms with Crippen LogP contribution in [-0.2, 0) is 4.74 Å². The average molecular weight is 291 g/mol. The second-order valence-electron chi connectivity index (χ2n) is 6.14. The second kappa shape index (κ2) is 6.62. The number of ether oxygens (including phenoxy) is 1. The van der Waals surface area contributed by atoms with Crippen molar-refractivity contribution in [1.82, 2.24) is 14.8 Å². The van der Waals surface area contributed by atoms with E-state index in [1.807, 2.05) is 17.0 Å². The highest BCUT2D eigenvalue weighted by Crippen LogP contribution is 2.24. The zero-order valence-electron chi connectivity index (χ0n) is 12.8. The van der Waals surface area contributed by atoms with Crippen molar-refractivity contribution >= 4 is 5.91 Å². The van der Waals surface area contributed by atoms with Crippen LogP contribution in [0.25, 0.3) is 0 Å². The number of rotatable bonds is 4. The van der Waals surface area contributed by atoms with Crippen LogP contribution in [0.4, 0.5) is 0 Å². The molecule has 2 aliphatic heterocycles. The van der Waals surface area contributed by atoms with E-state index in [-0.39, 0.29) is 5.91 Å². The molecule has 3 heterocycles. The van der Waals surface area contributed by atoms with E-state index in [4.69, 9.17) is 4.74 Å². The summed E-state index contributed by atoms with van der Waals surface area (Å²) in [5.74, 6) is 0.665. The molecule has 1 aromatic heterocycles. The molecule has 3 rings (SSSR count). The van der Waals surface area contributed by atoms with Crippen LogP contribution < -0.4 is 5.32 Å². The summed E-state index contributed by atoms with van der Waals surface area (Å²) in [6.07, 6.45) is 5.31. The van der Waals surface area contributed by atoms with Gasteiger partial charge in [0.1, 0.15) is 5.69 Å². The molecule has 5 heteroatoms. The van der Waals surface area contributed by atoms with Crippen LogP contribution in [0.3, 0.4) is 0 Å². The Hall–Kier alpha value is -1.33. The minimum atomic E-state index is 0.178. The normalized spacial score (nSPS) is 23.7. The van der Waals surface area contributed by atoms with Gasteiger partial charge in [0.2, 0.25) is 0 Å². The first-order valence-electron chi connectivity index (χ1n) is 7.95. The van der Waals surface area contributed by atoms with Crippen LogP contribution >= 0.6 is 0 Å². The summed E-state index contributed by atoms with van der Waals surface area (Å²) in [6.45, 7) is 4.50. The first kappa shape index (κ1) is 14.6. The average Bonchev–Trinajstić information content (AvgIpc) is 3.17. The molecular formula is C16H25N3O2. The first-order valence-corrected chi connectivity index (χ1v) is 7.95. The molecule has 0 aromatic carbocycles. The van der Waals surface area contributed by atoms with Crippen LogP contribution in [-0.4, -0.2) is 55.3 Å². The van der Waals surface area contributed by atoms with Gasteiger partial charge in [0, 0.05) is 38.4 Å². The largest absolute Gasteiger partial charge is 0.384 e. The van der Waals surface area contributed by atoms with Crippen molar-refractivity contribution in [3.8, 4) is 0 Å². The third kappa shape index (κ3) is 3.14. The van der Waals surface area contributed by atoms with Gasteiger partial charge in [-0.2, -0.15) is 0 Å². The Balaban J connectivity index is 1.69. The topological polar surface area (TPSA) is 46.5 Å². The third-order valence-electron chi connectivity index (χ3n) is 4.68. The van der Waals surface area contributed by atoms with Gasteiger partial charge in [0.15, 0.2) is 0 Å². The van der Waals surface area contributed by atoms with Gasteiger partial charge in [0.25, 0.3) is 5.91 Å². The summed E-state index contributed by atoms with van der Waals surface area (Å²) in [7, 11) is 1.73. The van der Waals surface area contributed by atoms with E-state index in [0.29, 0.717) is 12.0 Å². The number of nitrogens with zero attached hydrogens (tertiary/aromatic N) is 2. The van der Waals surface area contributed by atoms with Gasteiger partial charge in [-0.1, -0.05) is 0 Å². The summed E-state index contributed by atoms with van der Waals surface area (Å²) in [5, 5.41) is 3.38. The number of carbonyl (C=O) groups is 1. The minimum absolute atomic E-state index is 0.178. The fraction of sp³-hybridized carbons (Fsp3) is 0.688. The van der Waals surface area contributed by atoms with Crippen molar-refractivity contribution in [2.24, 2.45) is 5.92 Å². The highest BCUT2D eigenvalue weighted by Gasteiger charge is 2.29. The monoisotopic (exact) mass is 291 g/mol. The Kier molecular flexibility index (Phi) is 4.60. The number of amides is 1. The lowest BCUT2D eigenvalue weighted by atomic mass is 10.1. The zero-order chi connectivity index (χ0) is 14.7. The molecule has 2 fully saturated rings. The lowest BCUT2D eigenvalue weighted by Crippen LogP contribution is -2.34. The smallest absolute Gasteiger partial charge is 0.270 e. The SMILES string of the molecule is COCC1CCN(C(=O)c2cccn2C2CCNCC2)C1. The fourth-order valence-electron chi connectivity index (χ4n) is 3.53. The van der Waals surface area contributed by atoms with E-state index in [9.17, 15) is 4.79 Å². The summed E-state index contributed by atoms with van der Waals surface area (Å²) >= 11 is 0. The highest BCUT2D eigenvalue weighted by molar-refractivity contribution is 5.93. The number of piperidine rings is 1. The Labute approximate surface area is 126 Å². The van der Waals surface area contributed by atoms with Crippen LogP contribution in [0, 0.1) is 5.92 Å². The molecule has 2 saturated heterocycles. The predicted molar refractivity (Wildman–Crippen MR) is 81.5 cm³/mol. The Morgan fingerprint density at radius 1 is 1.38 bits per heavy atom. The van der Waals surface area contributed by atoms with E-state index in [1.54, 1.807) is 7.11 Å². The molecule has 0 bridgehead atoms. The van der Waals surface area contributed by atoms with E-state index in [1.165, 1.54) is 0 Å². The summed E-state index contributed by atoms with van der Waals surface area (Å²) in [4.78, 5) is 14.8. The second-order valence-corrected chi connectivity index (χ2v) is 6.14. The molecule has 21 heavy (non-hydrogen) atoms. The van der Waals surface area contributed by atoms with E-state index < -0.39 is 0 Å². The van der Waals surface area contributed by atoms with E-state index in [0.717, 1.165) is 57.7 Å². The van der Waals surface area contributed by atoms with Crippen LogP contribution in [0.15, 0.2) is 18.3 Å². The van der Waals surface area contributed by atoms with Gasteiger partial charge in [-0.3, -0.25) is 4.79 Å². The van der Waals surface area contributed by atoms with Gasteiger partial charge >= 0.3 is 0 Å². The Morgan fingerprint density at radius 2 is 2.19 bits per heavy atom. The standard InChI is InChI=1S/C16H25N3O2/c1-21-12-13-6-10-18(11-13)16(20)15-3-2-9-19(15)14-4-7-17-8-5-14/h2-3,9,13-14,17H,4-8,10-12H2,1H3. The lowest BCUT2D eigenvalue weighted by Gasteiger charge is -2.27. The summed E-state index contributed by atoms with van der Waals surface area (Å²) in [5.41, 5.74) is 0.847. The predicted octanol–water partition coefficient (Wildman–Crippen LogP) is 1.52. The summed E-state index contributed by atoms with van der Waals surface area (Å²) < 4.78 is 7.40. The number of carbonyl (C=O) groups excluding carboxylic acids is 1. The van der Waals surface area contributed by atoms with E-state index >= 15 is 0 Å². The van der Waals surface area contributed by atoms with Gasteiger partial charge in [0.05, 0.1) is 6.61 Å². The minimum Gasteiger partial charge on any atom is -0.384 e. The number of likely N-dealkylation sites (tertiary alicyclic amines) is 1. The molecule has 0 saturated carbocycles. The Bertz CT molecular complexity index is 480. The zero-order valence-corrected chi connectivity index (χ0v) is 12.8. The molecule has 1 unspecified atom stereocenters. The molecule has 116 valence electrons.